The van der Waals surface area contributed by atoms with E-state index in [2.05, 4.69) is 0 Å². The van der Waals surface area contributed by atoms with Gasteiger partial charge < -0.3 is 0 Å². The zero-order valence-electron chi connectivity index (χ0n) is 7.93. The molecule has 0 aliphatic heterocycles. The van der Waals surface area contributed by atoms with Crippen molar-refractivity contribution in [2.45, 2.75) is 26.4 Å². The van der Waals surface area contributed by atoms with Crippen LogP contribution in [-0.4, -0.2) is 19.3 Å². The number of phosphoric acid groups is 1. The van der Waals surface area contributed by atoms with Crippen LogP contribution in [0.15, 0.2) is 12.2 Å². The molecule has 0 heterocycles. The van der Waals surface area contributed by atoms with E-state index in [4.69, 9.17) is 13.6 Å². The molecule has 13 heavy (non-hydrogen) atoms. The molecule has 5 heteroatoms. The Bertz CT molecular complexity index is 216. The van der Waals surface area contributed by atoms with Gasteiger partial charge in [-0.2, -0.15) is 0 Å². The Hall–Kier alpha value is -0.150. The average Bonchev–Trinajstić information content (AvgIpc) is 1.98. The molecule has 1 aliphatic rings. The summed E-state index contributed by atoms with van der Waals surface area (Å²) in [4.78, 5) is 0. The second kappa shape index (κ2) is 4.91. The fraction of sp³-hybridized carbons (Fsp3) is 0.750. The van der Waals surface area contributed by atoms with Gasteiger partial charge in [-0.25, -0.2) is 4.57 Å². The van der Waals surface area contributed by atoms with Gasteiger partial charge in [-0.15, -0.1) is 0 Å². The van der Waals surface area contributed by atoms with E-state index in [1.165, 1.54) is 0 Å². The Labute approximate surface area is 78.5 Å². The number of hydrogen-bond acceptors (Lipinski definition) is 4. The summed E-state index contributed by atoms with van der Waals surface area (Å²) in [6.07, 6.45) is 4.46. The molecule has 0 bridgehead atoms. The van der Waals surface area contributed by atoms with Crippen LogP contribution < -0.4 is 0 Å². The second-order valence-corrected chi connectivity index (χ2v) is 4.21. The topological polar surface area (TPSA) is 44.8 Å². The third kappa shape index (κ3) is 3.24. The van der Waals surface area contributed by atoms with Crippen molar-refractivity contribution in [2.24, 2.45) is 0 Å². The van der Waals surface area contributed by atoms with Crippen LogP contribution in [0.3, 0.4) is 0 Å². The summed E-state index contributed by atoms with van der Waals surface area (Å²) < 4.78 is 26.8. The standard InChI is InChI=1S/C8H15O4P/c1-3-10-13(9,11-4-2)12-8-6-5-7-8/h5-6,8H,3-4,7H2,1-2H3. The van der Waals surface area contributed by atoms with E-state index in [-0.39, 0.29) is 6.10 Å². The molecule has 1 aliphatic carbocycles. The molecule has 1 unspecified atom stereocenters. The van der Waals surface area contributed by atoms with Gasteiger partial charge in [0.2, 0.25) is 0 Å². The summed E-state index contributed by atoms with van der Waals surface area (Å²) in [5.74, 6) is 0. The smallest absolute Gasteiger partial charge is 0.287 e. The van der Waals surface area contributed by atoms with Gasteiger partial charge in [0.1, 0.15) is 0 Å². The van der Waals surface area contributed by atoms with Gasteiger partial charge in [0, 0.05) is 0 Å². The van der Waals surface area contributed by atoms with Crippen molar-refractivity contribution < 1.29 is 18.1 Å². The zero-order chi connectivity index (χ0) is 9.73. The predicted molar refractivity (Wildman–Crippen MR) is 49.5 cm³/mol. The van der Waals surface area contributed by atoms with E-state index in [9.17, 15) is 4.57 Å². The minimum atomic E-state index is -3.29. The molecule has 0 radical (unpaired) electrons. The highest BCUT2D eigenvalue weighted by atomic mass is 31.2. The highest BCUT2D eigenvalue weighted by Crippen LogP contribution is 2.51. The minimum Gasteiger partial charge on any atom is -0.287 e. The fourth-order valence-electron chi connectivity index (χ4n) is 0.906. The van der Waals surface area contributed by atoms with Crippen molar-refractivity contribution in [1.82, 2.24) is 0 Å². The van der Waals surface area contributed by atoms with Crippen molar-refractivity contribution >= 4 is 7.82 Å². The molecule has 0 saturated carbocycles. The van der Waals surface area contributed by atoms with E-state index in [1.54, 1.807) is 13.8 Å². The molecular formula is C8H15O4P. The highest BCUT2D eigenvalue weighted by molar-refractivity contribution is 7.48. The molecule has 0 saturated heterocycles. The van der Waals surface area contributed by atoms with Crippen LogP contribution in [-0.2, 0) is 18.1 Å². The van der Waals surface area contributed by atoms with Crippen molar-refractivity contribution in [1.29, 1.82) is 0 Å². The Kier molecular flexibility index (Phi) is 4.13. The van der Waals surface area contributed by atoms with Gasteiger partial charge in [-0.1, -0.05) is 12.2 Å². The van der Waals surface area contributed by atoms with Gasteiger partial charge in [-0.3, -0.25) is 13.6 Å². The highest BCUT2D eigenvalue weighted by Gasteiger charge is 2.30. The van der Waals surface area contributed by atoms with Gasteiger partial charge in [0.05, 0.1) is 19.3 Å². The van der Waals surface area contributed by atoms with Crippen molar-refractivity contribution in [2.75, 3.05) is 13.2 Å². The van der Waals surface area contributed by atoms with E-state index < -0.39 is 7.82 Å². The summed E-state index contributed by atoms with van der Waals surface area (Å²) in [7, 11) is -3.29. The molecule has 1 atom stereocenters. The molecule has 0 aromatic heterocycles. The van der Waals surface area contributed by atoms with Crippen LogP contribution in [0.1, 0.15) is 20.3 Å². The lowest BCUT2D eigenvalue weighted by molar-refractivity contribution is 0.0963. The maximum atomic E-state index is 11.7. The second-order valence-electron chi connectivity index (χ2n) is 2.59. The van der Waals surface area contributed by atoms with E-state index in [0.717, 1.165) is 6.42 Å². The normalized spacial score (nSPS) is 21.5. The summed E-state index contributed by atoms with van der Waals surface area (Å²) in [5.41, 5.74) is 0. The van der Waals surface area contributed by atoms with Crippen molar-refractivity contribution in [3.8, 4) is 0 Å². The summed E-state index contributed by atoms with van der Waals surface area (Å²) >= 11 is 0. The summed E-state index contributed by atoms with van der Waals surface area (Å²) in [5, 5.41) is 0. The number of phosphoric ester groups is 1. The molecule has 0 fully saturated rings. The SMILES string of the molecule is CCOP(=O)(OCC)OC1C=CC1. The number of rotatable bonds is 6. The van der Waals surface area contributed by atoms with Gasteiger partial charge >= 0.3 is 7.82 Å². The lowest BCUT2D eigenvalue weighted by Crippen LogP contribution is -2.15. The monoisotopic (exact) mass is 206 g/mol. The van der Waals surface area contributed by atoms with Crippen molar-refractivity contribution in [3.63, 3.8) is 0 Å². The van der Waals surface area contributed by atoms with Crippen molar-refractivity contribution in [3.05, 3.63) is 12.2 Å². The van der Waals surface area contributed by atoms with Crippen LogP contribution in [0.5, 0.6) is 0 Å². The zero-order valence-corrected chi connectivity index (χ0v) is 8.83. The lowest BCUT2D eigenvalue weighted by atomic mass is 10.1. The minimum absolute atomic E-state index is 0.107. The van der Waals surface area contributed by atoms with E-state index >= 15 is 0 Å². The Morgan fingerprint density at radius 3 is 2.23 bits per heavy atom. The largest absolute Gasteiger partial charge is 0.475 e. The predicted octanol–water partition coefficient (Wildman–Crippen LogP) is 2.51. The van der Waals surface area contributed by atoms with Crippen LogP contribution >= 0.6 is 7.82 Å². The Morgan fingerprint density at radius 1 is 1.38 bits per heavy atom. The Morgan fingerprint density at radius 2 is 1.92 bits per heavy atom. The first-order valence-corrected chi connectivity index (χ1v) is 5.90. The third-order valence-corrected chi connectivity index (χ3v) is 3.24. The first kappa shape index (κ1) is 10.9. The van der Waals surface area contributed by atoms with Gasteiger partial charge in [0.15, 0.2) is 0 Å². The van der Waals surface area contributed by atoms with Crippen LogP contribution in [0.4, 0.5) is 0 Å². The maximum absolute atomic E-state index is 11.7. The first-order valence-electron chi connectivity index (χ1n) is 4.44. The fourth-order valence-corrected chi connectivity index (χ4v) is 2.22. The molecule has 0 aromatic carbocycles. The lowest BCUT2D eigenvalue weighted by Gasteiger charge is -2.23. The molecule has 1 rings (SSSR count). The molecule has 0 amide bonds. The van der Waals surface area contributed by atoms with E-state index in [0.29, 0.717) is 13.2 Å². The first-order chi connectivity index (χ1) is 6.20. The number of hydrogen-bond donors (Lipinski definition) is 0. The molecule has 76 valence electrons. The van der Waals surface area contributed by atoms with Gasteiger partial charge in [0.25, 0.3) is 0 Å². The molecular weight excluding hydrogens is 191 g/mol. The quantitative estimate of drug-likeness (QED) is 0.494. The third-order valence-electron chi connectivity index (χ3n) is 1.56. The maximum Gasteiger partial charge on any atom is 0.475 e. The summed E-state index contributed by atoms with van der Waals surface area (Å²) in [6.45, 7) is 4.17. The van der Waals surface area contributed by atoms with Crippen LogP contribution in [0.25, 0.3) is 0 Å². The average molecular weight is 206 g/mol. The Balaban J connectivity index is 2.44. The van der Waals surface area contributed by atoms with Crippen LogP contribution in [0.2, 0.25) is 0 Å². The molecule has 0 spiro atoms. The molecule has 0 aromatic rings. The van der Waals surface area contributed by atoms with Crippen LogP contribution in [0, 0.1) is 0 Å². The van der Waals surface area contributed by atoms with Gasteiger partial charge in [-0.05, 0) is 20.3 Å². The molecule has 0 N–H and O–H groups in total. The van der Waals surface area contributed by atoms with E-state index in [1.807, 2.05) is 12.2 Å². The summed E-state index contributed by atoms with van der Waals surface area (Å²) in [6, 6.07) is 0. The molecule has 4 nitrogen and oxygen atoms in total.